The van der Waals surface area contributed by atoms with E-state index in [9.17, 15) is 4.79 Å². The highest BCUT2D eigenvalue weighted by molar-refractivity contribution is 5.76. The molecule has 1 amide bonds. The molecule has 0 saturated heterocycles. The van der Waals surface area contributed by atoms with Gasteiger partial charge in [0.05, 0.1) is 19.2 Å². The lowest BCUT2D eigenvalue weighted by Gasteiger charge is -2.24. The molecule has 4 nitrogen and oxygen atoms in total. The van der Waals surface area contributed by atoms with Crippen LogP contribution >= 0.6 is 0 Å². The van der Waals surface area contributed by atoms with Crippen molar-refractivity contribution in [3.8, 4) is 6.07 Å². The lowest BCUT2D eigenvalue weighted by Crippen LogP contribution is -2.40. The zero-order valence-corrected chi connectivity index (χ0v) is 7.70. The molecule has 0 radical (unpaired) electrons. The van der Waals surface area contributed by atoms with Gasteiger partial charge in [-0.05, 0) is 12.8 Å². The molecule has 0 aliphatic heterocycles. The van der Waals surface area contributed by atoms with Crippen LogP contribution in [0.3, 0.4) is 0 Å². The summed E-state index contributed by atoms with van der Waals surface area (Å²) in [5, 5.41) is 8.57. The van der Waals surface area contributed by atoms with Crippen molar-refractivity contribution < 1.29 is 4.79 Å². The van der Waals surface area contributed by atoms with Gasteiger partial charge in [-0.2, -0.15) is 5.26 Å². The van der Waals surface area contributed by atoms with E-state index in [0.29, 0.717) is 12.6 Å². The highest BCUT2D eigenvalue weighted by Gasteiger charge is 2.23. The van der Waals surface area contributed by atoms with E-state index in [1.165, 1.54) is 12.8 Å². The highest BCUT2D eigenvalue weighted by atomic mass is 16.1. The Kier molecular flexibility index (Phi) is 3.71. The fourth-order valence-corrected chi connectivity index (χ4v) is 1.87. The average Bonchev–Trinajstić information content (AvgIpc) is 2.54. The van der Waals surface area contributed by atoms with Gasteiger partial charge in [0.2, 0.25) is 5.91 Å². The van der Waals surface area contributed by atoms with E-state index >= 15 is 0 Å². The average molecular weight is 181 g/mol. The molecule has 0 aromatic rings. The summed E-state index contributed by atoms with van der Waals surface area (Å²) >= 11 is 0. The van der Waals surface area contributed by atoms with Crippen LogP contribution in [0.15, 0.2) is 0 Å². The maximum absolute atomic E-state index is 10.7. The normalized spacial score (nSPS) is 17.5. The molecule has 1 aliphatic rings. The first-order chi connectivity index (χ1) is 6.24. The second-order valence-electron chi connectivity index (χ2n) is 3.47. The van der Waals surface area contributed by atoms with Gasteiger partial charge in [0, 0.05) is 6.04 Å². The van der Waals surface area contributed by atoms with E-state index in [0.717, 1.165) is 12.8 Å². The van der Waals surface area contributed by atoms with Crippen LogP contribution in [0.5, 0.6) is 0 Å². The summed E-state index contributed by atoms with van der Waals surface area (Å²) in [6.45, 7) is 0.534. The summed E-state index contributed by atoms with van der Waals surface area (Å²) in [6, 6.07) is 2.46. The molecule has 4 heteroatoms. The van der Waals surface area contributed by atoms with Crippen molar-refractivity contribution in [2.45, 2.75) is 31.7 Å². The monoisotopic (exact) mass is 181 g/mol. The summed E-state index contributed by atoms with van der Waals surface area (Å²) in [4.78, 5) is 12.6. The van der Waals surface area contributed by atoms with Crippen LogP contribution in [-0.4, -0.2) is 29.9 Å². The topological polar surface area (TPSA) is 70.1 Å². The van der Waals surface area contributed by atoms with Crippen LogP contribution in [0.4, 0.5) is 0 Å². The number of nitrogens with zero attached hydrogens (tertiary/aromatic N) is 2. The predicted molar refractivity (Wildman–Crippen MR) is 48.6 cm³/mol. The van der Waals surface area contributed by atoms with Crippen LogP contribution < -0.4 is 5.73 Å². The number of primary amides is 1. The van der Waals surface area contributed by atoms with Crippen molar-refractivity contribution in [3.05, 3.63) is 0 Å². The van der Waals surface area contributed by atoms with Gasteiger partial charge in [-0.25, -0.2) is 0 Å². The van der Waals surface area contributed by atoms with Crippen molar-refractivity contribution in [1.29, 1.82) is 5.26 Å². The van der Waals surface area contributed by atoms with Gasteiger partial charge in [-0.15, -0.1) is 0 Å². The van der Waals surface area contributed by atoms with Gasteiger partial charge in [-0.3, -0.25) is 9.69 Å². The summed E-state index contributed by atoms with van der Waals surface area (Å²) in [6.07, 6.45) is 4.58. The van der Waals surface area contributed by atoms with Gasteiger partial charge >= 0.3 is 0 Å². The molecule has 0 aromatic carbocycles. The smallest absolute Gasteiger partial charge is 0.231 e. The molecule has 0 unspecified atom stereocenters. The van der Waals surface area contributed by atoms with E-state index in [1.807, 2.05) is 4.90 Å². The van der Waals surface area contributed by atoms with Gasteiger partial charge in [0.25, 0.3) is 0 Å². The quantitative estimate of drug-likeness (QED) is 0.631. The molecular formula is C9H15N3O. The number of carbonyl (C=O) groups is 1. The first-order valence-corrected chi connectivity index (χ1v) is 4.63. The SMILES string of the molecule is N#CCN(CC(N)=O)C1CCCC1. The lowest BCUT2D eigenvalue weighted by molar-refractivity contribution is -0.119. The van der Waals surface area contributed by atoms with E-state index < -0.39 is 0 Å². The Morgan fingerprint density at radius 1 is 1.54 bits per heavy atom. The summed E-state index contributed by atoms with van der Waals surface area (Å²) in [5.74, 6) is -0.345. The van der Waals surface area contributed by atoms with Crippen LogP contribution in [0, 0.1) is 11.3 Å². The highest BCUT2D eigenvalue weighted by Crippen LogP contribution is 2.22. The van der Waals surface area contributed by atoms with Crippen LogP contribution in [0.1, 0.15) is 25.7 Å². The number of carbonyl (C=O) groups excluding carboxylic acids is 1. The number of rotatable bonds is 4. The Hall–Kier alpha value is -1.08. The van der Waals surface area contributed by atoms with Crippen molar-refractivity contribution in [2.24, 2.45) is 5.73 Å². The van der Waals surface area contributed by atoms with Crippen molar-refractivity contribution in [2.75, 3.05) is 13.1 Å². The number of nitrogens with two attached hydrogens (primary N) is 1. The fraction of sp³-hybridized carbons (Fsp3) is 0.778. The van der Waals surface area contributed by atoms with E-state index in [4.69, 9.17) is 11.0 Å². The Morgan fingerprint density at radius 3 is 2.62 bits per heavy atom. The van der Waals surface area contributed by atoms with Gasteiger partial charge < -0.3 is 5.73 Å². The number of amides is 1. The molecule has 0 atom stereocenters. The largest absolute Gasteiger partial charge is 0.369 e. The van der Waals surface area contributed by atoms with Gasteiger partial charge in [0.15, 0.2) is 0 Å². The van der Waals surface area contributed by atoms with Crippen molar-refractivity contribution >= 4 is 5.91 Å². The minimum Gasteiger partial charge on any atom is -0.369 e. The van der Waals surface area contributed by atoms with Crippen molar-refractivity contribution in [1.82, 2.24) is 4.90 Å². The van der Waals surface area contributed by atoms with Crippen LogP contribution in [-0.2, 0) is 4.79 Å². The minimum absolute atomic E-state index is 0.220. The molecule has 1 aliphatic carbocycles. The predicted octanol–water partition coefficient (Wildman–Crippen LogP) is 0.240. The Morgan fingerprint density at radius 2 is 2.15 bits per heavy atom. The zero-order chi connectivity index (χ0) is 9.68. The Bertz CT molecular complexity index is 215. The molecule has 0 spiro atoms. The molecule has 1 fully saturated rings. The molecular weight excluding hydrogens is 166 g/mol. The van der Waals surface area contributed by atoms with Crippen LogP contribution in [0.2, 0.25) is 0 Å². The first-order valence-electron chi connectivity index (χ1n) is 4.63. The molecule has 1 rings (SSSR count). The fourth-order valence-electron chi connectivity index (χ4n) is 1.87. The Labute approximate surface area is 78.3 Å². The molecule has 0 aromatic heterocycles. The van der Waals surface area contributed by atoms with Crippen LogP contribution in [0.25, 0.3) is 0 Å². The third kappa shape index (κ3) is 3.03. The lowest BCUT2D eigenvalue weighted by atomic mass is 10.2. The van der Waals surface area contributed by atoms with Gasteiger partial charge in [-0.1, -0.05) is 12.8 Å². The summed E-state index contributed by atoms with van der Waals surface area (Å²) < 4.78 is 0. The maximum atomic E-state index is 10.7. The molecule has 2 N–H and O–H groups in total. The molecule has 72 valence electrons. The zero-order valence-electron chi connectivity index (χ0n) is 7.70. The number of hydrogen-bond donors (Lipinski definition) is 1. The Balaban J connectivity index is 2.45. The minimum atomic E-state index is -0.345. The van der Waals surface area contributed by atoms with E-state index in [2.05, 4.69) is 6.07 Å². The third-order valence-electron chi connectivity index (χ3n) is 2.47. The van der Waals surface area contributed by atoms with Crippen molar-refractivity contribution in [3.63, 3.8) is 0 Å². The summed E-state index contributed by atoms with van der Waals surface area (Å²) in [7, 11) is 0. The maximum Gasteiger partial charge on any atom is 0.231 e. The second kappa shape index (κ2) is 4.83. The van der Waals surface area contributed by atoms with E-state index in [1.54, 1.807) is 0 Å². The number of hydrogen-bond acceptors (Lipinski definition) is 3. The number of nitriles is 1. The van der Waals surface area contributed by atoms with E-state index in [-0.39, 0.29) is 12.5 Å². The summed E-state index contributed by atoms with van der Waals surface area (Å²) in [5.41, 5.74) is 5.10. The molecule has 0 bridgehead atoms. The molecule has 1 saturated carbocycles. The molecule has 13 heavy (non-hydrogen) atoms. The third-order valence-corrected chi connectivity index (χ3v) is 2.47. The second-order valence-corrected chi connectivity index (χ2v) is 3.47. The standard InChI is InChI=1S/C9H15N3O/c10-5-6-12(7-9(11)13)8-3-1-2-4-8/h8H,1-4,6-7H2,(H2,11,13). The van der Waals surface area contributed by atoms with Gasteiger partial charge in [0.1, 0.15) is 0 Å². The first kappa shape index (κ1) is 10.0. The molecule has 0 heterocycles.